The third-order valence-corrected chi connectivity index (χ3v) is 7.49. The van der Waals surface area contributed by atoms with Crippen molar-refractivity contribution in [3.63, 3.8) is 0 Å². The molecule has 0 saturated carbocycles. The number of ether oxygens (including phenoxy) is 2. The van der Waals surface area contributed by atoms with Crippen LogP contribution < -0.4 is 14.4 Å². The standard InChI is InChI=1S/C25H21NO4S/c1-31(28)18-8-6-16(7-9-18)14-26-21-5-3-2-4-19(21)25(24(26)27)15-30-23-13-22-17(10-11-29-22)12-20(23)25/h2-9,12-13H,10-11,14-15H2,1H3. The Balaban J connectivity index is 1.43. The molecule has 6 heteroatoms. The van der Waals surface area contributed by atoms with E-state index in [4.69, 9.17) is 9.47 Å². The molecule has 3 aromatic carbocycles. The zero-order chi connectivity index (χ0) is 21.2. The van der Waals surface area contributed by atoms with Gasteiger partial charge >= 0.3 is 0 Å². The average molecular weight is 432 g/mol. The Morgan fingerprint density at radius 2 is 1.84 bits per heavy atom. The van der Waals surface area contributed by atoms with Gasteiger partial charge in [-0.25, -0.2) is 0 Å². The third-order valence-electron chi connectivity index (χ3n) is 6.56. The average Bonchev–Trinajstić information content (AvgIpc) is 3.45. The van der Waals surface area contributed by atoms with E-state index in [0.717, 1.165) is 50.8 Å². The Bertz CT molecular complexity index is 1210. The molecule has 31 heavy (non-hydrogen) atoms. The molecule has 3 aromatic rings. The smallest absolute Gasteiger partial charge is 0.246 e. The summed E-state index contributed by atoms with van der Waals surface area (Å²) < 4.78 is 23.5. The van der Waals surface area contributed by atoms with E-state index in [0.29, 0.717) is 19.8 Å². The van der Waals surface area contributed by atoms with E-state index in [2.05, 4.69) is 6.07 Å². The largest absolute Gasteiger partial charge is 0.612 e. The second-order valence-corrected chi connectivity index (χ2v) is 9.63. The number of hydrogen-bond donors (Lipinski definition) is 0. The monoisotopic (exact) mass is 431 g/mol. The van der Waals surface area contributed by atoms with Crippen molar-refractivity contribution in [2.75, 3.05) is 24.4 Å². The molecule has 0 saturated heterocycles. The number of amides is 1. The van der Waals surface area contributed by atoms with E-state index in [1.807, 2.05) is 59.5 Å². The van der Waals surface area contributed by atoms with E-state index in [1.54, 1.807) is 6.26 Å². The summed E-state index contributed by atoms with van der Waals surface area (Å²) in [4.78, 5) is 16.6. The van der Waals surface area contributed by atoms with Gasteiger partial charge in [0.25, 0.3) is 0 Å². The van der Waals surface area contributed by atoms with Crippen molar-refractivity contribution < 1.29 is 18.8 Å². The number of fused-ring (bicyclic) bond motifs is 5. The first-order valence-corrected chi connectivity index (χ1v) is 11.9. The molecule has 6 rings (SSSR count). The Kier molecular flexibility index (Phi) is 4.10. The van der Waals surface area contributed by atoms with Crippen LogP contribution in [0, 0.1) is 0 Å². The van der Waals surface area contributed by atoms with Gasteiger partial charge in [0.2, 0.25) is 5.91 Å². The number of benzene rings is 3. The maximum atomic E-state index is 14.0. The molecule has 3 heterocycles. The highest BCUT2D eigenvalue weighted by atomic mass is 32.2. The first kappa shape index (κ1) is 18.8. The summed E-state index contributed by atoms with van der Waals surface area (Å²) in [6.45, 7) is 1.42. The van der Waals surface area contributed by atoms with Gasteiger partial charge in [-0.15, -0.1) is 0 Å². The molecular formula is C25H21NO4S. The van der Waals surface area contributed by atoms with Gasteiger partial charge in [0.05, 0.1) is 13.2 Å². The third kappa shape index (κ3) is 2.65. The summed E-state index contributed by atoms with van der Waals surface area (Å²) in [5, 5.41) is 0. The van der Waals surface area contributed by atoms with Crippen LogP contribution in [0.2, 0.25) is 0 Å². The predicted octanol–water partition coefficient (Wildman–Crippen LogP) is 3.58. The quantitative estimate of drug-likeness (QED) is 0.595. The molecule has 2 unspecified atom stereocenters. The number of para-hydroxylation sites is 1. The highest BCUT2D eigenvalue weighted by molar-refractivity contribution is 7.90. The molecule has 1 spiro atoms. The summed E-state index contributed by atoms with van der Waals surface area (Å²) >= 11 is -1.02. The maximum Gasteiger partial charge on any atom is 0.246 e. The molecule has 1 amide bonds. The van der Waals surface area contributed by atoms with Gasteiger partial charge in [-0.2, -0.15) is 0 Å². The Hall–Kier alpha value is -2.96. The van der Waals surface area contributed by atoms with Crippen LogP contribution in [0.4, 0.5) is 5.69 Å². The lowest BCUT2D eigenvalue weighted by Crippen LogP contribution is -2.42. The molecule has 0 aromatic heterocycles. The minimum absolute atomic E-state index is 0.0365. The van der Waals surface area contributed by atoms with Gasteiger partial charge in [0.15, 0.2) is 4.90 Å². The second kappa shape index (κ2) is 6.77. The Labute approximate surface area is 183 Å². The van der Waals surface area contributed by atoms with Crippen LogP contribution in [-0.2, 0) is 34.4 Å². The number of nitrogens with zero attached hydrogens (tertiary/aromatic N) is 1. The molecular weight excluding hydrogens is 410 g/mol. The normalized spacial score (nSPS) is 21.5. The van der Waals surface area contributed by atoms with Gasteiger partial charge in [0.1, 0.15) is 29.8 Å². The molecule has 0 N–H and O–H groups in total. The topological polar surface area (TPSA) is 61.8 Å². The van der Waals surface area contributed by atoms with Crippen LogP contribution in [0.15, 0.2) is 65.6 Å². The van der Waals surface area contributed by atoms with E-state index < -0.39 is 16.6 Å². The SMILES string of the molecule is C[S+]([O-])c1ccc(CN2C(=O)C3(COc4cc5c(cc43)CCO5)c3ccccc32)cc1. The summed E-state index contributed by atoms with van der Waals surface area (Å²) in [6, 6.07) is 19.7. The van der Waals surface area contributed by atoms with Crippen LogP contribution in [0.5, 0.6) is 11.5 Å². The summed E-state index contributed by atoms with van der Waals surface area (Å²) in [5.41, 5.74) is 4.15. The van der Waals surface area contributed by atoms with Gasteiger partial charge < -0.3 is 18.9 Å². The van der Waals surface area contributed by atoms with Crippen LogP contribution >= 0.6 is 0 Å². The lowest BCUT2D eigenvalue weighted by Gasteiger charge is -2.23. The highest BCUT2D eigenvalue weighted by Gasteiger charge is 2.57. The van der Waals surface area contributed by atoms with Crippen molar-refractivity contribution in [2.24, 2.45) is 0 Å². The van der Waals surface area contributed by atoms with Crippen molar-refractivity contribution >= 4 is 22.8 Å². The van der Waals surface area contributed by atoms with Crippen LogP contribution in [0.3, 0.4) is 0 Å². The number of carbonyl (C=O) groups is 1. The molecule has 0 bridgehead atoms. The van der Waals surface area contributed by atoms with Gasteiger partial charge in [-0.05, 0) is 52.1 Å². The maximum absolute atomic E-state index is 14.0. The number of hydrogen-bond acceptors (Lipinski definition) is 4. The molecule has 5 nitrogen and oxygen atoms in total. The van der Waals surface area contributed by atoms with Crippen molar-refractivity contribution in [3.05, 3.63) is 82.9 Å². The molecule has 0 aliphatic carbocycles. The number of anilines is 1. The molecule has 0 radical (unpaired) electrons. The van der Waals surface area contributed by atoms with E-state index >= 15 is 0 Å². The highest BCUT2D eigenvalue weighted by Crippen LogP contribution is 2.54. The second-order valence-electron chi connectivity index (χ2n) is 8.26. The molecule has 3 aliphatic rings. The van der Waals surface area contributed by atoms with E-state index in [1.165, 1.54) is 0 Å². The van der Waals surface area contributed by atoms with Gasteiger partial charge in [0, 0.05) is 23.7 Å². The van der Waals surface area contributed by atoms with E-state index in [9.17, 15) is 9.35 Å². The Morgan fingerprint density at radius 3 is 2.65 bits per heavy atom. The number of rotatable bonds is 3. The van der Waals surface area contributed by atoms with Crippen molar-refractivity contribution in [3.8, 4) is 11.5 Å². The van der Waals surface area contributed by atoms with Crippen LogP contribution in [0.1, 0.15) is 22.3 Å². The Morgan fingerprint density at radius 1 is 1.03 bits per heavy atom. The fourth-order valence-corrected chi connectivity index (χ4v) is 5.49. The van der Waals surface area contributed by atoms with Crippen molar-refractivity contribution in [2.45, 2.75) is 23.3 Å². The molecule has 0 fully saturated rings. The minimum Gasteiger partial charge on any atom is -0.612 e. The summed E-state index contributed by atoms with van der Waals surface area (Å²) in [5.74, 6) is 1.63. The summed E-state index contributed by atoms with van der Waals surface area (Å²) in [7, 11) is 0. The summed E-state index contributed by atoms with van der Waals surface area (Å²) in [6.07, 6.45) is 2.52. The number of carbonyl (C=O) groups excluding carboxylic acids is 1. The van der Waals surface area contributed by atoms with Gasteiger partial charge in [-0.3, -0.25) is 4.79 Å². The molecule has 2 atom stereocenters. The molecule has 156 valence electrons. The fourth-order valence-electron chi connectivity index (χ4n) is 4.97. The van der Waals surface area contributed by atoms with Crippen LogP contribution in [0.25, 0.3) is 0 Å². The van der Waals surface area contributed by atoms with Gasteiger partial charge in [-0.1, -0.05) is 30.3 Å². The van der Waals surface area contributed by atoms with Crippen molar-refractivity contribution in [1.29, 1.82) is 0 Å². The first-order valence-electron chi connectivity index (χ1n) is 10.3. The predicted molar refractivity (Wildman–Crippen MR) is 118 cm³/mol. The zero-order valence-corrected chi connectivity index (χ0v) is 17.9. The lowest BCUT2D eigenvalue weighted by molar-refractivity contribution is -0.122. The lowest BCUT2D eigenvalue weighted by atomic mass is 9.76. The first-order chi connectivity index (χ1) is 15.1. The van der Waals surface area contributed by atoms with E-state index in [-0.39, 0.29) is 5.91 Å². The minimum atomic E-state index is -1.02. The zero-order valence-electron chi connectivity index (χ0n) is 17.1. The van der Waals surface area contributed by atoms with Crippen LogP contribution in [-0.4, -0.2) is 29.9 Å². The fraction of sp³-hybridized carbons (Fsp3) is 0.240. The molecule has 3 aliphatic heterocycles. The van der Waals surface area contributed by atoms with Crippen molar-refractivity contribution in [1.82, 2.24) is 0 Å².